The van der Waals surface area contributed by atoms with Gasteiger partial charge in [-0.05, 0) is 30.7 Å². The highest BCUT2D eigenvalue weighted by Crippen LogP contribution is 2.22. The highest BCUT2D eigenvalue weighted by atomic mass is 32.1. The van der Waals surface area contributed by atoms with E-state index in [2.05, 4.69) is 4.98 Å². The van der Waals surface area contributed by atoms with Gasteiger partial charge < -0.3 is 4.74 Å². The minimum absolute atomic E-state index is 0.215. The van der Waals surface area contributed by atoms with Crippen LogP contribution in [0.5, 0.6) is 0 Å². The maximum Gasteiger partial charge on any atom is 0.338 e. The molecule has 0 aliphatic heterocycles. The van der Waals surface area contributed by atoms with E-state index < -0.39 is 0 Å². The summed E-state index contributed by atoms with van der Waals surface area (Å²) in [5.41, 5.74) is 2.47. The largest absolute Gasteiger partial charge is 0.455 e. The topological polar surface area (TPSA) is 39.2 Å². The number of rotatable bonds is 3. The highest BCUT2D eigenvalue weighted by Gasteiger charge is 2.11. The molecule has 0 unspecified atom stereocenters. The average Bonchev–Trinajstić information content (AvgIpc) is 2.88. The van der Waals surface area contributed by atoms with Gasteiger partial charge in [0.1, 0.15) is 11.6 Å². The summed E-state index contributed by atoms with van der Waals surface area (Å²) in [5.74, 6) is -0.303. The normalized spacial score (nSPS) is 10.7. The first-order valence-corrected chi connectivity index (χ1v) is 7.13. The van der Waals surface area contributed by atoms with Crippen LogP contribution in [0.3, 0.4) is 0 Å². The van der Waals surface area contributed by atoms with Crippen LogP contribution in [0.2, 0.25) is 0 Å². The standard InChI is InChI=1S/C16H13NO2S/c1-11-6-2-3-7-12(11)16(18)19-10-15-17-13-8-4-5-9-14(13)20-15/h2-9H,10H2,1H3. The summed E-state index contributed by atoms with van der Waals surface area (Å²) >= 11 is 1.55. The predicted molar refractivity (Wildman–Crippen MR) is 79.9 cm³/mol. The van der Waals surface area contributed by atoms with Gasteiger partial charge in [-0.3, -0.25) is 0 Å². The molecule has 3 aromatic rings. The molecule has 0 aliphatic rings. The molecule has 3 rings (SSSR count). The number of nitrogens with zero attached hydrogens (tertiary/aromatic N) is 1. The molecule has 1 heterocycles. The predicted octanol–water partition coefficient (Wildman–Crippen LogP) is 3.96. The zero-order chi connectivity index (χ0) is 13.9. The van der Waals surface area contributed by atoms with Crippen molar-refractivity contribution < 1.29 is 9.53 Å². The minimum Gasteiger partial charge on any atom is -0.455 e. The van der Waals surface area contributed by atoms with E-state index in [1.807, 2.05) is 49.4 Å². The first-order chi connectivity index (χ1) is 9.74. The van der Waals surface area contributed by atoms with Crippen LogP contribution in [0.25, 0.3) is 10.2 Å². The number of carbonyl (C=O) groups excluding carboxylic acids is 1. The molecule has 1 aromatic heterocycles. The molecule has 100 valence electrons. The number of aromatic nitrogens is 1. The number of fused-ring (bicyclic) bond motifs is 1. The Morgan fingerprint density at radius 3 is 2.70 bits per heavy atom. The van der Waals surface area contributed by atoms with Crippen molar-refractivity contribution in [3.05, 3.63) is 64.7 Å². The van der Waals surface area contributed by atoms with Crippen molar-refractivity contribution in [1.29, 1.82) is 0 Å². The molecule has 0 atom stereocenters. The van der Waals surface area contributed by atoms with E-state index in [1.54, 1.807) is 17.4 Å². The third-order valence-corrected chi connectivity index (χ3v) is 4.04. The van der Waals surface area contributed by atoms with Crippen molar-refractivity contribution in [2.75, 3.05) is 0 Å². The van der Waals surface area contributed by atoms with Crippen LogP contribution in [-0.4, -0.2) is 11.0 Å². The van der Waals surface area contributed by atoms with Gasteiger partial charge in [-0.2, -0.15) is 0 Å². The molecule has 0 saturated heterocycles. The lowest BCUT2D eigenvalue weighted by Crippen LogP contribution is -2.06. The van der Waals surface area contributed by atoms with Gasteiger partial charge in [0.05, 0.1) is 15.8 Å². The Bertz CT molecular complexity index is 731. The second kappa shape index (κ2) is 5.43. The van der Waals surface area contributed by atoms with Crippen LogP contribution in [0.1, 0.15) is 20.9 Å². The molecular weight excluding hydrogens is 270 g/mol. The fraction of sp³-hybridized carbons (Fsp3) is 0.125. The van der Waals surface area contributed by atoms with Crippen LogP contribution in [0.15, 0.2) is 48.5 Å². The first-order valence-electron chi connectivity index (χ1n) is 6.31. The second-order valence-corrected chi connectivity index (χ2v) is 5.58. The Morgan fingerprint density at radius 1 is 1.15 bits per heavy atom. The SMILES string of the molecule is Cc1ccccc1C(=O)OCc1nc2ccccc2s1. The summed E-state index contributed by atoms with van der Waals surface area (Å²) in [6.45, 7) is 2.11. The Labute approximate surface area is 120 Å². The molecule has 0 bridgehead atoms. The number of hydrogen-bond donors (Lipinski definition) is 0. The van der Waals surface area contributed by atoms with E-state index in [1.165, 1.54) is 0 Å². The van der Waals surface area contributed by atoms with Crippen LogP contribution < -0.4 is 0 Å². The number of para-hydroxylation sites is 1. The van der Waals surface area contributed by atoms with E-state index in [9.17, 15) is 4.79 Å². The zero-order valence-electron chi connectivity index (χ0n) is 11.0. The molecule has 4 heteroatoms. The lowest BCUT2D eigenvalue weighted by atomic mass is 10.1. The summed E-state index contributed by atoms with van der Waals surface area (Å²) < 4.78 is 6.44. The first kappa shape index (κ1) is 12.8. The molecule has 20 heavy (non-hydrogen) atoms. The lowest BCUT2D eigenvalue weighted by molar-refractivity contribution is 0.0472. The number of ether oxygens (including phenoxy) is 1. The maximum absolute atomic E-state index is 12.0. The Balaban J connectivity index is 1.73. The lowest BCUT2D eigenvalue weighted by Gasteiger charge is -2.05. The van der Waals surface area contributed by atoms with Gasteiger partial charge in [-0.25, -0.2) is 9.78 Å². The second-order valence-electron chi connectivity index (χ2n) is 4.47. The summed E-state index contributed by atoms with van der Waals surface area (Å²) in [4.78, 5) is 16.5. The molecule has 0 amide bonds. The van der Waals surface area contributed by atoms with Crippen molar-refractivity contribution in [1.82, 2.24) is 4.98 Å². The summed E-state index contributed by atoms with van der Waals surface area (Å²) in [7, 11) is 0. The van der Waals surface area contributed by atoms with E-state index in [-0.39, 0.29) is 12.6 Å². The average molecular weight is 283 g/mol. The molecule has 0 spiro atoms. The number of aryl methyl sites for hydroxylation is 1. The zero-order valence-corrected chi connectivity index (χ0v) is 11.8. The van der Waals surface area contributed by atoms with Gasteiger partial charge >= 0.3 is 5.97 Å². The smallest absolute Gasteiger partial charge is 0.338 e. The molecule has 0 aliphatic carbocycles. The fourth-order valence-corrected chi connectivity index (χ4v) is 2.87. The van der Waals surface area contributed by atoms with Crippen LogP contribution in [0.4, 0.5) is 0 Å². The van der Waals surface area contributed by atoms with E-state index in [0.29, 0.717) is 5.56 Å². The minimum atomic E-state index is -0.303. The van der Waals surface area contributed by atoms with Crippen molar-refractivity contribution in [2.45, 2.75) is 13.5 Å². The van der Waals surface area contributed by atoms with Crippen molar-refractivity contribution >= 4 is 27.5 Å². The summed E-state index contributed by atoms with van der Waals surface area (Å²) in [6.07, 6.45) is 0. The van der Waals surface area contributed by atoms with Gasteiger partial charge in [0.2, 0.25) is 0 Å². The van der Waals surface area contributed by atoms with Gasteiger partial charge in [-0.1, -0.05) is 30.3 Å². The molecular formula is C16H13NO2S. The molecule has 2 aromatic carbocycles. The fourth-order valence-electron chi connectivity index (χ4n) is 1.99. The van der Waals surface area contributed by atoms with Crippen molar-refractivity contribution in [3.8, 4) is 0 Å². The Morgan fingerprint density at radius 2 is 1.90 bits per heavy atom. The van der Waals surface area contributed by atoms with Crippen LogP contribution >= 0.6 is 11.3 Å². The van der Waals surface area contributed by atoms with E-state index in [4.69, 9.17) is 4.74 Å². The van der Waals surface area contributed by atoms with Gasteiger partial charge in [0.25, 0.3) is 0 Å². The number of carbonyl (C=O) groups is 1. The van der Waals surface area contributed by atoms with Crippen LogP contribution in [0, 0.1) is 6.92 Å². The maximum atomic E-state index is 12.0. The highest BCUT2D eigenvalue weighted by molar-refractivity contribution is 7.18. The number of benzene rings is 2. The number of esters is 1. The monoisotopic (exact) mass is 283 g/mol. The molecule has 0 fully saturated rings. The van der Waals surface area contributed by atoms with Gasteiger partial charge in [-0.15, -0.1) is 11.3 Å². The molecule has 0 saturated carbocycles. The molecule has 3 nitrogen and oxygen atoms in total. The number of hydrogen-bond acceptors (Lipinski definition) is 4. The van der Waals surface area contributed by atoms with E-state index >= 15 is 0 Å². The Hall–Kier alpha value is -2.20. The van der Waals surface area contributed by atoms with Crippen molar-refractivity contribution in [2.24, 2.45) is 0 Å². The summed E-state index contributed by atoms with van der Waals surface area (Å²) in [5, 5.41) is 0.813. The molecule has 0 radical (unpaired) electrons. The van der Waals surface area contributed by atoms with Crippen LogP contribution in [-0.2, 0) is 11.3 Å². The van der Waals surface area contributed by atoms with Crippen molar-refractivity contribution in [3.63, 3.8) is 0 Å². The Kier molecular flexibility index (Phi) is 3.48. The summed E-state index contributed by atoms with van der Waals surface area (Å²) in [6, 6.07) is 15.3. The van der Waals surface area contributed by atoms with E-state index in [0.717, 1.165) is 20.8 Å². The molecule has 0 N–H and O–H groups in total. The third-order valence-electron chi connectivity index (χ3n) is 3.03. The van der Waals surface area contributed by atoms with Gasteiger partial charge in [0.15, 0.2) is 0 Å². The quantitative estimate of drug-likeness (QED) is 0.683. The third kappa shape index (κ3) is 2.56. The number of thiazole rings is 1. The van der Waals surface area contributed by atoms with Gasteiger partial charge in [0, 0.05) is 0 Å².